The lowest BCUT2D eigenvalue weighted by atomic mass is 10.2. The zero-order valence-electron chi connectivity index (χ0n) is 13.6. The second-order valence-electron chi connectivity index (χ2n) is 5.99. The Morgan fingerprint density at radius 3 is 2.32 bits per heavy atom. The van der Waals surface area contributed by atoms with Crippen molar-refractivity contribution in [2.75, 3.05) is 13.6 Å². The molecule has 1 rings (SSSR count). The number of likely N-dealkylation sites (N-methyl/N-ethyl adjacent to an activating group) is 1. The molecule has 0 bridgehead atoms. The molecule has 0 aliphatic heterocycles. The number of thioether (sulfide) groups is 1. The number of rotatable bonds is 5. The van der Waals surface area contributed by atoms with E-state index in [1.165, 1.54) is 16.7 Å². The van der Waals surface area contributed by atoms with Crippen molar-refractivity contribution in [1.29, 1.82) is 0 Å². The van der Waals surface area contributed by atoms with Crippen LogP contribution in [0.5, 0.6) is 0 Å². The van der Waals surface area contributed by atoms with Crippen molar-refractivity contribution < 1.29 is 14.3 Å². The maximum absolute atomic E-state index is 12.3. The number of carbonyl (C=O) groups excluding carboxylic acids is 2. The highest BCUT2D eigenvalue weighted by Crippen LogP contribution is 2.25. The number of ether oxygens (including phenoxy) is 1. The summed E-state index contributed by atoms with van der Waals surface area (Å²) < 4.78 is 5.22. The van der Waals surface area contributed by atoms with E-state index in [0.717, 1.165) is 4.90 Å². The van der Waals surface area contributed by atoms with Gasteiger partial charge in [-0.15, -0.1) is 11.8 Å². The van der Waals surface area contributed by atoms with Gasteiger partial charge in [-0.2, -0.15) is 0 Å². The van der Waals surface area contributed by atoms with Crippen molar-refractivity contribution in [2.45, 2.75) is 43.4 Å². The Morgan fingerprint density at radius 1 is 1.27 bits per heavy atom. The first-order valence-electron chi connectivity index (χ1n) is 6.97. The summed E-state index contributed by atoms with van der Waals surface area (Å²) in [6.45, 7) is 7.15. The van der Waals surface area contributed by atoms with Crippen molar-refractivity contribution >= 4 is 35.2 Å². The molecular formula is C16H22ClNO3S. The Labute approximate surface area is 141 Å². The first kappa shape index (κ1) is 18.8. The Morgan fingerprint density at radius 2 is 1.82 bits per heavy atom. The molecule has 1 unspecified atom stereocenters. The van der Waals surface area contributed by atoms with Gasteiger partial charge in [0, 0.05) is 17.0 Å². The van der Waals surface area contributed by atoms with Crippen LogP contribution in [0.3, 0.4) is 0 Å². The summed E-state index contributed by atoms with van der Waals surface area (Å²) >= 11 is 7.26. The highest BCUT2D eigenvalue weighted by molar-refractivity contribution is 8.00. The Bertz CT molecular complexity index is 525. The van der Waals surface area contributed by atoms with E-state index in [2.05, 4.69) is 0 Å². The summed E-state index contributed by atoms with van der Waals surface area (Å²) in [5.74, 6) is -0.530. The molecule has 0 aliphatic rings. The molecule has 1 aromatic rings. The minimum Gasteiger partial charge on any atom is -0.459 e. The number of hydrogen-bond acceptors (Lipinski definition) is 4. The van der Waals surface area contributed by atoms with Crippen molar-refractivity contribution in [1.82, 2.24) is 4.90 Å². The minimum absolute atomic E-state index is 0.0539. The van der Waals surface area contributed by atoms with Crippen LogP contribution in [-0.4, -0.2) is 41.2 Å². The Hall–Kier alpha value is -1.20. The van der Waals surface area contributed by atoms with E-state index in [1.54, 1.807) is 40.0 Å². The molecule has 0 aromatic heterocycles. The van der Waals surface area contributed by atoms with Gasteiger partial charge in [-0.05, 0) is 52.0 Å². The molecule has 0 aliphatic carbocycles. The molecule has 0 radical (unpaired) electrons. The monoisotopic (exact) mass is 343 g/mol. The topological polar surface area (TPSA) is 46.6 Å². The molecule has 0 fully saturated rings. The summed E-state index contributed by atoms with van der Waals surface area (Å²) in [6.07, 6.45) is 0. The van der Waals surface area contributed by atoms with Crippen LogP contribution in [0.4, 0.5) is 0 Å². The standard InChI is InChI=1S/C16H22ClNO3S/c1-11(22-13-8-6-12(17)7-9-13)15(20)18(5)10-14(19)21-16(2,3)4/h6-9,11H,10H2,1-5H3. The summed E-state index contributed by atoms with van der Waals surface area (Å²) in [5.41, 5.74) is -0.551. The fourth-order valence-corrected chi connectivity index (χ4v) is 2.83. The highest BCUT2D eigenvalue weighted by Gasteiger charge is 2.23. The van der Waals surface area contributed by atoms with Gasteiger partial charge in [-0.3, -0.25) is 9.59 Å². The molecule has 1 atom stereocenters. The number of esters is 1. The van der Waals surface area contributed by atoms with Crippen LogP contribution in [0.25, 0.3) is 0 Å². The van der Waals surface area contributed by atoms with Gasteiger partial charge >= 0.3 is 5.97 Å². The van der Waals surface area contributed by atoms with Crippen LogP contribution >= 0.6 is 23.4 Å². The van der Waals surface area contributed by atoms with Gasteiger partial charge in [-0.25, -0.2) is 0 Å². The van der Waals surface area contributed by atoms with Crippen LogP contribution in [0.1, 0.15) is 27.7 Å². The fraction of sp³-hybridized carbons (Fsp3) is 0.500. The maximum atomic E-state index is 12.3. The van der Waals surface area contributed by atoms with Crippen LogP contribution < -0.4 is 0 Å². The van der Waals surface area contributed by atoms with Crippen LogP contribution in [0, 0.1) is 0 Å². The third-order valence-corrected chi connectivity index (χ3v) is 3.99. The molecule has 22 heavy (non-hydrogen) atoms. The van der Waals surface area contributed by atoms with Gasteiger partial charge in [0.2, 0.25) is 5.91 Å². The number of nitrogens with zero attached hydrogens (tertiary/aromatic N) is 1. The van der Waals surface area contributed by atoms with Crippen molar-refractivity contribution in [2.24, 2.45) is 0 Å². The second kappa shape index (κ2) is 7.88. The minimum atomic E-state index is -0.551. The first-order chi connectivity index (χ1) is 10.1. The number of carbonyl (C=O) groups is 2. The normalized spacial score (nSPS) is 12.6. The quantitative estimate of drug-likeness (QED) is 0.605. The van der Waals surface area contributed by atoms with Gasteiger partial charge in [0.15, 0.2) is 0 Å². The van der Waals surface area contributed by atoms with E-state index in [-0.39, 0.29) is 17.7 Å². The SMILES string of the molecule is CC(Sc1ccc(Cl)cc1)C(=O)N(C)CC(=O)OC(C)(C)C. The number of halogens is 1. The van der Waals surface area contributed by atoms with E-state index < -0.39 is 11.6 Å². The van der Waals surface area contributed by atoms with Gasteiger partial charge in [0.05, 0.1) is 5.25 Å². The summed E-state index contributed by atoms with van der Waals surface area (Å²) in [6, 6.07) is 7.30. The summed E-state index contributed by atoms with van der Waals surface area (Å²) in [4.78, 5) is 26.4. The molecule has 0 N–H and O–H groups in total. The van der Waals surface area contributed by atoms with E-state index in [9.17, 15) is 9.59 Å². The van der Waals surface area contributed by atoms with Crippen molar-refractivity contribution in [3.63, 3.8) is 0 Å². The van der Waals surface area contributed by atoms with Crippen molar-refractivity contribution in [3.05, 3.63) is 29.3 Å². The average Bonchev–Trinajstić information content (AvgIpc) is 2.38. The maximum Gasteiger partial charge on any atom is 0.326 e. The lowest BCUT2D eigenvalue weighted by Gasteiger charge is -2.24. The molecule has 6 heteroatoms. The lowest BCUT2D eigenvalue weighted by Crippen LogP contribution is -2.39. The van der Waals surface area contributed by atoms with Crippen LogP contribution in [0.15, 0.2) is 29.2 Å². The van der Waals surface area contributed by atoms with E-state index >= 15 is 0 Å². The predicted molar refractivity (Wildman–Crippen MR) is 90.3 cm³/mol. The van der Waals surface area contributed by atoms with Gasteiger partial charge < -0.3 is 9.64 Å². The van der Waals surface area contributed by atoms with Gasteiger partial charge in [-0.1, -0.05) is 11.6 Å². The molecule has 0 saturated heterocycles. The molecule has 122 valence electrons. The molecular weight excluding hydrogens is 322 g/mol. The van der Waals surface area contributed by atoms with E-state index in [4.69, 9.17) is 16.3 Å². The Balaban J connectivity index is 2.54. The number of benzene rings is 1. The second-order valence-corrected chi connectivity index (χ2v) is 7.85. The van der Waals surface area contributed by atoms with Crippen LogP contribution in [0.2, 0.25) is 5.02 Å². The zero-order chi connectivity index (χ0) is 16.9. The van der Waals surface area contributed by atoms with E-state index in [1.807, 2.05) is 19.1 Å². The number of amides is 1. The largest absolute Gasteiger partial charge is 0.459 e. The molecule has 1 amide bonds. The lowest BCUT2D eigenvalue weighted by molar-refractivity contribution is -0.158. The molecule has 0 spiro atoms. The van der Waals surface area contributed by atoms with Crippen LogP contribution in [-0.2, 0) is 14.3 Å². The third kappa shape index (κ3) is 6.71. The molecule has 0 saturated carbocycles. The number of hydrogen-bond donors (Lipinski definition) is 0. The Kier molecular flexibility index (Phi) is 6.75. The highest BCUT2D eigenvalue weighted by atomic mass is 35.5. The summed E-state index contributed by atoms with van der Waals surface area (Å²) in [5, 5.41) is 0.360. The van der Waals surface area contributed by atoms with Crippen molar-refractivity contribution in [3.8, 4) is 0 Å². The average molecular weight is 344 g/mol. The zero-order valence-corrected chi connectivity index (χ0v) is 15.1. The van der Waals surface area contributed by atoms with Gasteiger partial charge in [0.1, 0.15) is 12.1 Å². The molecule has 1 aromatic carbocycles. The van der Waals surface area contributed by atoms with E-state index in [0.29, 0.717) is 5.02 Å². The molecule has 0 heterocycles. The third-order valence-electron chi connectivity index (χ3n) is 2.64. The summed E-state index contributed by atoms with van der Waals surface area (Å²) in [7, 11) is 1.60. The van der Waals surface area contributed by atoms with Gasteiger partial charge in [0.25, 0.3) is 0 Å². The predicted octanol–water partition coefficient (Wildman–Crippen LogP) is 3.62. The smallest absolute Gasteiger partial charge is 0.326 e. The molecule has 4 nitrogen and oxygen atoms in total. The fourth-order valence-electron chi connectivity index (χ4n) is 1.72. The first-order valence-corrected chi connectivity index (χ1v) is 8.23.